The molecular weight excluding hydrogens is 418 g/mol. The zero-order chi connectivity index (χ0) is 20.9. The number of nitrogens with zero attached hydrogens (tertiary/aromatic N) is 3. The minimum atomic E-state index is -0.000431. The van der Waals surface area contributed by atoms with Crippen LogP contribution in [0.2, 0.25) is 5.02 Å². The Morgan fingerprint density at radius 2 is 1.83 bits per heavy atom. The second kappa shape index (κ2) is 9.60. The average molecular weight is 442 g/mol. The number of aryl methyl sites for hydroxylation is 1. The summed E-state index contributed by atoms with van der Waals surface area (Å²) in [5.41, 5.74) is 3.16. The number of ether oxygens (including phenoxy) is 1. The molecule has 1 aromatic heterocycles. The third-order valence-electron chi connectivity index (χ3n) is 5.26. The van der Waals surface area contributed by atoms with Gasteiger partial charge >= 0.3 is 0 Å². The van der Waals surface area contributed by atoms with Gasteiger partial charge in [-0.15, -0.1) is 11.3 Å². The number of carbonyl (C=O) groups excluding carboxylic acids is 1. The van der Waals surface area contributed by atoms with Crippen molar-refractivity contribution in [2.45, 2.75) is 20.1 Å². The minimum Gasteiger partial charge on any atom is -0.486 e. The summed E-state index contributed by atoms with van der Waals surface area (Å²) in [6, 6.07) is 15.7. The summed E-state index contributed by atoms with van der Waals surface area (Å²) < 4.78 is 5.72. The van der Waals surface area contributed by atoms with Crippen molar-refractivity contribution in [1.82, 2.24) is 14.8 Å². The fraction of sp³-hybridized carbons (Fsp3) is 0.304. The zero-order valence-corrected chi connectivity index (χ0v) is 18.5. The fourth-order valence-electron chi connectivity index (χ4n) is 3.45. The molecule has 0 saturated carbocycles. The number of halogens is 1. The number of hydrogen-bond donors (Lipinski definition) is 0. The summed E-state index contributed by atoms with van der Waals surface area (Å²) in [5, 5.41) is 3.28. The molecule has 3 aromatic rings. The van der Waals surface area contributed by atoms with E-state index in [0.29, 0.717) is 17.3 Å². The fourth-order valence-corrected chi connectivity index (χ4v) is 4.26. The van der Waals surface area contributed by atoms with E-state index in [9.17, 15) is 4.79 Å². The molecule has 0 aliphatic carbocycles. The van der Waals surface area contributed by atoms with Crippen LogP contribution in [0.1, 0.15) is 26.6 Å². The predicted molar refractivity (Wildman–Crippen MR) is 120 cm³/mol. The van der Waals surface area contributed by atoms with Crippen molar-refractivity contribution in [3.8, 4) is 5.75 Å². The van der Waals surface area contributed by atoms with Gasteiger partial charge in [0.05, 0.1) is 0 Å². The highest BCUT2D eigenvalue weighted by Gasteiger charge is 2.24. The summed E-state index contributed by atoms with van der Waals surface area (Å²) in [6.45, 7) is 6.60. The molecule has 1 aliphatic rings. The normalized spacial score (nSPS) is 14.7. The molecule has 0 bridgehead atoms. The van der Waals surface area contributed by atoms with Crippen LogP contribution >= 0.6 is 22.9 Å². The highest BCUT2D eigenvalue weighted by atomic mass is 35.5. The third kappa shape index (κ3) is 5.19. The van der Waals surface area contributed by atoms with E-state index in [2.05, 4.69) is 41.1 Å². The Balaban J connectivity index is 1.28. The van der Waals surface area contributed by atoms with Crippen LogP contribution in [-0.2, 0) is 13.2 Å². The first kappa shape index (κ1) is 20.8. The lowest BCUT2D eigenvalue weighted by Gasteiger charge is -2.34. The first-order valence-electron chi connectivity index (χ1n) is 9.97. The Labute approximate surface area is 185 Å². The smallest absolute Gasteiger partial charge is 0.273 e. The molecule has 4 rings (SSSR count). The molecular formula is C23H24ClN3O2S. The van der Waals surface area contributed by atoms with Gasteiger partial charge in [-0.05, 0) is 42.3 Å². The first-order chi connectivity index (χ1) is 14.6. The van der Waals surface area contributed by atoms with Crippen molar-refractivity contribution in [1.29, 1.82) is 0 Å². The second-order valence-electron chi connectivity index (χ2n) is 7.36. The Morgan fingerprint density at radius 1 is 1.10 bits per heavy atom. The summed E-state index contributed by atoms with van der Waals surface area (Å²) >= 11 is 7.33. The SMILES string of the molecule is Cc1ccccc1CN1CCN(C(=O)c2csc(COc3ccc(Cl)cc3)n2)CC1. The third-order valence-corrected chi connectivity index (χ3v) is 6.34. The quantitative estimate of drug-likeness (QED) is 0.559. The summed E-state index contributed by atoms with van der Waals surface area (Å²) in [5.74, 6) is 0.729. The van der Waals surface area contributed by atoms with Gasteiger partial charge in [-0.2, -0.15) is 0 Å². The van der Waals surface area contributed by atoms with Crippen LogP contribution in [-0.4, -0.2) is 46.9 Å². The molecule has 5 nitrogen and oxygen atoms in total. The van der Waals surface area contributed by atoms with Crippen molar-refractivity contribution in [3.63, 3.8) is 0 Å². The highest BCUT2D eigenvalue weighted by Crippen LogP contribution is 2.19. The van der Waals surface area contributed by atoms with E-state index in [1.807, 2.05) is 22.4 Å². The lowest BCUT2D eigenvalue weighted by Crippen LogP contribution is -2.48. The van der Waals surface area contributed by atoms with Gasteiger partial charge in [0.1, 0.15) is 23.1 Å². The van der Waals surface area contributed by atoms with E-state index in [1.165, 1.54) is 22.5 Å². The van der Waals surface area contributed by atoms with Gasteiger partial charge in [0, 0.05) is 43.1 Å². The number of rotatable bonds is 6. The van der Waals surface area contributed by atoms with Gasteiger partial charge in [0.15, 0.2) is 0 Å². The lowest BCUT2D eigenvalue weighted by atomic mass is 10.1. The van der Waals surface area contributed by atoms with E-state index in [1.54, 1.807) is 12.1 Å². The molecule has 7 heteroatoms. The van der Waals surface area contributed by atoms with Crippen molar-refractivity contribution in [2.75, 3.05) is 26.2 Å². The maximum Gasteiger partial charge on any atom is 0.273 e. The van der Waals surface area contributed by atoms with Crippen LogP contribution in [0.15, 0.2) is 53.9 Å². The molecule has 2 heterocycles. The van der Waals surface area contributed by atoms with Crippen LogP contribution < -0.4 is 4.74 Å². The Kier molecular flexibility index (Phi) is 6.67. The van der Waals surface area contributed by atoms with Gasteiger partial charge in [0.25, 0.3) is 5.91 Å². The molecule has 0 unspecified atom stereocenters. The lowest BCUT2D eigenvalue weighted by molar-refractivity contribution is 0.0623. The van der Waals surface area contributed by atoms with Crippen molar-refractivity contribution in [3.05, 3.63) is 80.8 Å². The van der Waals surface area contributed by atoms with E-state index in [0.717, 1.165) is 43.5 Å². The molecule has 0 radical (unpaired) electrons. The predicted octanol–water partition coefficient (Wildman–Crippen LogP) is 4.64. The Bertz CT molecular complexity index is 998. The summed E-state index contributed by atoms with van der Waals surface area (Å²) in [4.78, 5) is 21.6. The van der Waals surface area contributed by atoms with E-state index in [4.69, 9.17) is 16.3 Å². The van der Waals surface area contributed by atoms with E-state index in [-0.39, 0.29) is 5.91 Å². The van der Waals surface area contributed by atoms with Gasteiger partial charge in [-0.25, -0.2) is 4.98 Å². The van der Waals surface area contributed by atoms with Crippen LogP contribution in [0, 0.1) is 6.92 Å². The van der Waals surface area contributed by atoms with E-state index >= 15 is 0 Å². The summed E-state index contributed by atoms with van der Waals surface area (Å²) in [7, 11) is 0. The summed E-state index contributed by atoms with van der Waals surface area (Å²) in [6.07, 6.45) is 0. The largest absolute Gasteiger partial charge is 0.486 e. The standard InChI is InChI=1S/C23H24ClN3O2S/c1-17-4-2-3-5-18(17)14-26-10-12-27(13-11-26)23(28)21-16-30-22(25-21)15-29-20-8-6-19(24)7-9-20/h2-9,16H,10-15H2,1H3. The topological polar surface area (TPSA) is 45.7 Å². The molecule has 0 atom stereocenters. The van der Waals surface area contributed by atoms with Gasteiger partial charge in [-0.3, -0.25) is 9.69 Å². The Hall–Kier alpha value is -2.41. The molecule has 0 spiro atoms. The molecule has 30 heavy (non-hydrogen) atoms. The van der Waals surface area contributed by atoms with Crippen LogP contribution in [0.4, 0.5) is 0 Å². The molecule has 156 valence electrons. The van der Waals surface area contributed by atoms with Crippen molar-refractivity contribution >= 4 is 28.8 Å². The highest BCUT2D eigenvalue weighted by molar-refractivity contribution is 7.09. The Morgan fingerprint density at radius 3 is 2.57 bits per heavy atom. The van der Waals surface area contributed by atoms with E-state index < -0.39 is 0 Å². The number of hydrogen-bond acceptors (Lipinski definition) is 5. The molecule has 1 fully saturated rings. The number of carbonyl (C=O) groups is 1. The van der Waals surface area contributed by atoms with Crippen molar-refractivity contribution in [2.24, 2.45) is 0 Å². The molecule has 0 N–H and O–H groups in total. The molecule has 1 saturated heterocycles. The molecule has 2 aromatic carbocycles. The van der Waals surface area contributed by atoms with Gasteiger partial charge in [-0.1, -0.05) is 35.9 Å². The number of amides is 1. The first-order valence-corrected chi connectivity index (χ1v) is 11.2. The number of thiazole rings is 1. The number of aromatic nitrogens is 1. The number of piperazine rings is 1. The van der Waals surface area contributed by atoms with Crippen LogP contribution in [0.3, 0.4) is 0 Å². The maximum atomic E-state index is 12.8. The zero-order valence-electron chi connectivity index (χ0n) is 16.9. The molecule has 1 amide bonds. The van der Waals surface area contributed by atoms with Gasteiger partial charge < -0.3 is 9.64 Å². The van der Waals surface area contributed by atoms with Crippen LogP contribution in [0.5, 0.6) is 5.75 Å². The van der Waals surface area contributed by atoms with Crippen molar-refractivity contribution < 1.29 is 9.53 Å². The average Bonchev–Trinajstić information content (AvgIpc) is 3.24. The number of benzene rings is 2. The van der Waals surface area contributed by atoms with Gasteiger partial charge in [0.2, 0.25) is 0 Å². The second-order valence-corrected chi connectivity index (χ2v) is 8.74. The minimum absolute atomic E-state index is 0.000431. The maximum absolute atomic E-state index is 12.8. The molecule has 1 aliphatic heterocycles. The monoisotopic (exact) mass is 441 g/mol. The van der Waals surface area contributed by atoms with Crippen LogP contribution in [0.25, 0.3) is 0 Å².